The van der Waals surface area contributed by atoms with Gasteiger partial charge in [-0.15, -0.1) is 10.2 Å². The minimum absolute atomic E-state index is 0.151. The van der Waals surface area contributed by atoms with Gasteiger partial charge >= 0.3 is 0 Å². The Morgan fingerprint density at radius 2 is 2.14 bits per heavy atom. The summed E-state index contributed by atoms with van der Waals surface area (Å²) in [5, 5.41) is 12.0. The summed E-state index contributed by atoms with van der Waals surface area (Å²) in [5.74, 6) is 1.04. The van der Waals surface area contributed by atoms with Gasteiger partial charge in [0.15, 0.2) is 11.0 Å². The van der Waals surface area contributed by atoms with E-state index in [1.807, 2.05) is 17.6 Å². The summed E-state index contributed by atoms with van der Waals surface area (Å²) in [5.41, 5.74) is 1.33. The molecular formula is C20H25FN5O2S+. The molecule has 7 nitrogen and oxygen atoms in total. The molecule has 1 amide bonds. The summed E-state index contributed by atoms with van der Waals surface area (Å²) in [4.78, 5) is 13.6. The van der Waals surface area contributed by atoms with Gasteiger partial charge in [0.1, 0.15) is 11.6 Å². The maximum atomic E-state index is 13.3. The second-order valence-electron chi connectivity index (χ2n) is 7.01. The van der Waals surface area contributed by atoms with Crippen molar-refractivity contribution in [3.8, 4) is 11.4 Å². The number of carbonyl (C=O) groups excluding carboxylic acids is 1. The highest BCUT2D eigenvalue weighted by Crippen LogP contribution is 2.27. The lowest BCUT2D eigenvalue weighted by Crippen LogP contribution is -3.05. The van der Waals surface area contributed by atoms with Gasteiger partial charge in [-0.1, -0.05) is 17.8 Å². The van der Waals surface area contributed by atoms with Crippen molar-refractivity contribution in [2.24, 2.45) is 0 Å². The lowest BCUT2D eigenvalue weighted by molar-refractivity contribution is -0.858. The van der Waals surface area contributed by atoms with E-state index >= 15 is 0 Å². The molecule has 2 aromatic heterocycles. The maximum Gasteiger partial charge on any atom is 0.234 e. The van der Waals surface area contributed by atoms with E-state index in [2.05, 4.69) is 29.6 Å². The Bertz CT molecular complexity index is 969. The highest BCUT2D eigenvalue weighted by molar-refractivity contribution is 7.99. The third-order valence-electron chi connectivity index (χ3n) is 4.32. The average Bonchev–Trinajstić information content (AvgIpc) is 3.25. The number of quaternary nitrogens is 1. The number of carbonyl (C=O) groups is 1. The molecule has 0 saturated carbocycles. The number of hydrogen-bond acceptors (Lipinski definition) is 5. The predicted octanol–water partition coefficient (Wildman–Crippen LogP) is 2.25. The zero-order chi connectivity index (χ0) is 20.8. The quantitative estimate of drug-likeness (QED) is 0.521. The number of aryl methyl sites for hydroxylation is 1. The number of hydrogen-bond donors (Lipinski definition) is 2. The molecule has 1 aromatic carbocycles. The van der Waals surface area contributed by atoms with Crippen LogP contribution in [-0.4, -0.2) is 47.1 Å². The van der Waals surface area contributed by atoms with Gasteiger partial charge in [0, 0.05) is 18.7 Å². The Balaban J connectivity index is 1.71. The highest BCUT2D eigenvalue weighted by Gasteiger charge is 2.18. The first-order valence-electron chi connectivity index (χ1n) is 9.39. The van der Waals surface area contributed by atoms with E-state index in [-0.39, 0.29) is 11.7 Å². The number of nitrogens with one attached hydrogen (secondary N) is 2. The smallest absolute Gasteiger partial charge is 0.234 e. The Morgan fingerprint density at radius 3 is 2.83 bits per heavy atom. The Hall–Kier alpha value is -2.65. The molecule has 0 spiro atoms. The number of halogens is 1. The van der Waals surface area contributed by atoms with Crippen molar-refractivity contribution in [2.75, 3.05) is 31.7 Å². The van der Waals surface area contributed by atoms with Crippen LogP contribution in [0, 0.1) is 12.7 Å². The molecule has 9 heteroatoms. The molecule has 3 rings (SSSR count). The molecule has 0 atom stereocenters. The van der Waals surface area contributed by atoms with Crippen LogP contribution in [0.1, 0.15) is 12.2 Å². The minimum Gasteiger partial charge on any atom is -0.469 e. The third kappa shape index (κ3) is 5.68. The zero-order valence-corrected chi connectivity index (χ0v) is 17.6. The molecule has 154 valence electrons. The zero-order valence-electron chi connectivity index (χ0n) is 16.7. The first kappa shape index (κ1) is 21.1. The third-order valence-corrected chi connectivity index (χ3v) is 5.28. The summed E-state index contributed by atoms with van der Waals surface area (Å²) in [7, 11) is 4.22. The molecular weight excluding hydrogens is 393 g/mol. The van der Waals surface area contributed by atoms with Crippen LogP contribution in [0.15, 0.2) is 46.2 Å². The van der Waals surface area contributed by atoms with Gasteiger partial charge in [-0.3, -0.25) is 4.79 Å². The second-order valence-corrected chi connectivity index (χ2v) is 7.95. The molecule has 0 bridgehead atoms. The van der Waals surface area contributed by atoms with Crippen LogP contribution in [0.4, 0.5) is 10.1 Å². The van der Waals surface area contributed by atoms with Crippen LogP contribution in [0.5, 0.6) is 0 Å². The van der Waals surface area contributed by atoms with E-state index in [0.717, 1.165) is 36.7 Å². The fourth-order valence-electron chi connectivity index (χ4n) is 2.90. The number of aromatic nitrogens is 3. The monoisotopic (exact) mass is 418 g/mol. The van der Waals surface area contributed by atoms with Gasteiger partial charge in [0.25, 0.3) is 0 Å². The van der Waals surface area contributed by atoms with Gasteiger partial charge in [-0.25, -0.2) is 4.39 Å². The van der Waals surface area contributed by atoms with Crippen LogP contribution in [-0.2, 0) is 11.3 Å². The van der Waals surface area contributed by atoms with Crippen molar-refractivity contribution in [2.45, 2.75) is 25.0 Å². The first-order valence-corrected chi connectivity index (χ1v) is 10.4. The predicted molar refractivity (Wildman–Crippen MR) is 111 cm³/mol. The largest absolute Gasteiger partial charge is 0.469 e. The van der Waals surface area contributed by atoms with E-state index in [1.54, 1.807) is 18.4 Å². The summed E-state index contributed by atoms with van der Waals surface area (Å²) >= 11 is 1.31. The Morgan fingerprint density at radius 1 is 1.31 bits per heavy atom. The molecule has 0 aliphatic rings. The fourth-order valence-corrected chi connectivity index (χ4v) is 3.66. The molecule has 2 N–H and O–H groups in total. The fraction of sp³-hybridized carbons (Fsp3) is 0.350. The van der Waals surface area contributed by atoms with E-state index in [9.17, 15) is 9.18 Å². The van der Waals surface area contributed by atoms with Crippen LogP contribution < -0.4 is 10.2 Å². The molecule has 2 heterocycles. The molecule has 0 fully saturated rings. The second kappa shape index (κ2) is 9.71. The summed E-state index contributed by atoms with van der Waals surface area (Å²) in [6, 6.07) is 7.70. The normalized spacial score (nSPS) is 11.2. The molecule has 29 heavy (non-hydrogen) atoms. The van der Waals surface area contributed by atoms with Crippen molar-refractivity contribution in [3.63, 3.8) is 0 Å². The standard InChI is InChI=1S/C20H24FN5O2S/c1-14-17(8-11-28-14)19-23-24-20(26(19)10-5-9-25(2)3)29-13-18(27)22-16-7-4-6-15(21)12-16/h4,6-8,11-12H,5,9-10,13H2,1-3H3,(H,22,27)/p+1. The van der Waals surface area contributed by atoms with Gasteiger partial charge in [-0.2, -0.15) is 0 Å². The Labute approximate surface area is 173 Å². The van der Waals surface area contributed by atoms with Crippen LogP contribution >= 0.6 is 11.8 Å². The van der Waals surface area contributed by atoms with Crippen molar-refractivity contribution < 1.29 is 18.5 Å². The van der Waals surface area contributed by atoms with Gasteiger partial charge in [0.2, 0.25) is 5.91 Å². The number of thioether (sulfide) groups is 1. The SMILES string of the molecule is Cc1occc1-c1nnc(SCC(=O)Nc2cccc(F)c2)n1CCC[NH+](C)C. The number of rotatable bonds is 9. The Kier molecular flexibility index (Phi) is 7.05. The average molecular weight is 419 g/mol. The molecule has 0 saturated heterocycles. The molecule has 0 aliphatic carbocycles. The lowest BCUT2D eigenvalue weighted by atomic mass is 10.2. The number of amides is 1. The molecule has 0 radical (unpaired) electrons. The van der Waals surface area contributed by atoms with Gasteiger partial charge < -0.3 is 19.2 Å². The summed E-state index contributed by atoms with van der Waals surface area (Å²) < 4.78 is 20.7. The highest BCUT2D eigenvalue weighted by atomic mass is 32.2. The van der Waals surface area contributed by atoms with Crippen LogP contribution in [0.3, 0.4) is 0 Å². The van der Waals surface area contributed by atoms with Crippen LogP contribution in [0.2, 0.25) is 0 Å². The summed E-state index contributed by atoms with van der Waals surface area (Å²) in [6.45, 7) is 3.63. The topological polar surface area (TPSA) is 77.4 Å². The number of nitrogens with zero attached hydrogens (tertiary/aromatic N) is 3. The lowest BCUT2D eigenvalue weighted by Gasteiger charge is -2.11. The minimum atomic E-state index is -0.390. The van der Waals surface area contributed by atoms with E-state index in [1.165, 1.54) is 28.8 Å². The molecule has 3 aromatic rings. The molecule has 0 aliphatic heterocycles. The maximum absolute atomic E-state index is 13.3. The summed E-state index contributed by atoms with van der Waals surface area (Å²) in [6.07, 6.45) is 2.58. The van der Waals surface area contributed by atoms with E-state index < -0.39 is 5.82 Å². The van der Waals surface area contributed by atoms with Crippen LogP contribution in [0.25, 0.3) is 11.4 Å². The number of furan rings is 1. The molecule has 0 unspecified atom stereocenters. The van der Waals surface area contributed by atoms with Crippen molar-refractivity contribution >= 4 is 23.4 Å². The van der Waals surface area contributed by atoms with Gasteiger partial charge in [-0.05, 0) is 31.2 Å². The van der Waals surface area contributed by atoms with E-state index in [0.29, 0.717) is 10.8 Å². The van der Waals surface area contributed by atoms with Gasteiger partial charge in [0.05, 0.1) is 38.2 Å². The first-order chi connectivity index (χ1) is 13.9. The number of benzene rings is 1. The van der Waals surface area contributed by atoms with E-state index in [4.69, 9.17) is 4.42 Å². The van der Waals surface area contributed by atoms with Crippen molar-refractivity contribution in [3.05, 3.63) is 48.2 Å². The van der Waals surface area contributed by atoms with Crippen molar-refractivity contribution in [1.82, 2.24) is 14.8 Å². The van der Waals surface area contributed by atoms with Crippen molar-refractivity contribution in [1.29, 1.82) is 0 Å². The number of anilines is 1.